The largest absolute Gasteiger partial charge is 0.480 e. The molecule has 0 unspecified atom stereocenters. The number of carboxylic acid groups (broad SMARTS) is 1. The van der Waals surface area contributed by atoms with Gasteiger partial charge in [0.25, 0.3) is 0 Å². The van der Waals surface area contributed by atoms with Crippen molar-refractivity contribution in [2.45, 2.75) is 24.3 Å². The lowest BCUT2D eigenvalue weighted by molar-refractivity contribution is -0.387. The highest BCUT2D eigenvalue weighted by Gasteiger charge is 2.29. The molecule has 0 spiro atoms. The second-order valence-corrected chi connectivity index (χ2v) is 5.59. The van der Waals surface area contributed by atoms with Crippen LogP contribution in [-0.4, -0.2) is 30.5 Å². The van der Waals surface area contributed by atoms with E-state index in [4.69, 9.17) is 5.11 Å². The molecule has 2 N–H and O–H groups in total. The van der Waals surface area contributed by atoms with E-state index in [2.05, 4.69) is 0 Å². The Morgan fingerprint density at radius 1 is 1.43 bits per heavy atom. The molecule has 0 amide bonds. The molecule has 0 aliphatic heterocycles. The summed E-state index contributed by atoms with van der Waals surface area (Å²) in [7, 11) is -4.70. The molecule has 8 nitrogen and oxygen atoms in total. The van der Waals surface area contributed by atoms with Gasteiger partial charge < -0.3 is 5.11 Å². The lowest BCUT2D eigenvalue weighted by Crippen LogP contribution is -2.40. The first-order valence-electron chi connectivity index (χ1n) is 5.48. The van der Waals surface area contributed by atoms with Crippen molar-refractivity contribution in [1.82, 2.24) is 4.72 Å². The minimum absolute atomic E-state index is 0.0500. The Kier molecular flexibility index (Phi) is 4.91. The molecule has 0 bridgehead atoms. The number of carboxylic acids is 1. The topological polar surface area (TPSA) is 127 Å². The van der Waals surface area contributed by atoms with Gasteiger partial charge in [-0.1, -0.05) is 6.92 Å². The zero-order valence-corrected chi connectivity index (χ0v) is 11.4. The Hall–Kier alpha value is -2.14. The van der Waals surface area contributed by atoms with Gasteiger partial charge >= 0.3 is 11.7 Å². The van der Waals surface area contributed by atoms with E-state index in [0.29, 0.717) is 0 Å². The van der Waals surface area contributed by atoms with E-state index >= 15 is 0 Å². The summed E-state index contributed by atoms with van der Waals surface area (Å²) in [6.07, 6.45) is -0.139. The fraction of sp³-hybridized carbons (Fsp3) is 0.300. The van der Waals surface area contributed by atoms with Gasteiger partial charge in [0.1, 0.15) is 16.8 Å². The summed E-state index contributed by atoms with van der Waals surface area (Å²) in [5, 5.41) is 19.3. The van der Waals surface area contributed by atoms with Gasteiger partial charge in [-0.15, -0.1) is 0 Å². The van der Waals surface area contributed by atoms with Gasteiger partial charge in [-0.3, -0.25) is 14.9 Å². The monoisotopic (exact) mass is 324 g/mol. The molecule has 0 aliphatic rings. The van der Waals surface area contributed by atoms with Gasteiger partial charge in [-0.25, -0.2) is 12.8 Å². The zero-order chi connectivity index (χ0) is 16.4. The highest BCUT2D eigenvalue weighted by atomic mass is 32.2. The normalized spacial score (nSPS) is 12.9. The van der Waals surface area contributed by atoms with Crippen LogP contribution in [0.2, 0.25) is 0 Å². The number of hydrogen-bond acceptors (Lipinski definition) is 5. The third-order valence-corrected chi connectivity index (χ3v) is 3.98. The van der Waals surface area contributed by atoms with E-state index in [0.717, 1.165) is 0 Å². The molecule has 0 saturated heterocycles. The van der Waals surface area contributed by atoms with Crippen molar-refractivity contribution in [1.29, 1.82) is 0 Å². The average molecular weight is 324 g/mol. The van der Waals surface area contributed by atoms with Crippen molar-refractivity contribution in [2.24, 2.45) is 0 Å². The minimum Gasteiger partial charge on any atom is -0.480 e. The first-order chi connectivity index (χ1) is 9.60. The van der Waals surface area contributed by atoms with Crippen LogP contribution in [0, 0.1) is 21.7 Å². The van der Waals surface area contributed by atoms with Crippen LogP contribution in [0.15, 0.2) is 17.0 Å². The molecule has 21 heavy (non-hydrogen) atoms. The molecule has 0 radical (unpaired) electrons. The highest BCUT2D eigenvalue weighted by Crippen LogP contribution is 2.24. The van der Waals surface area contributed by atoms with Crippen LogP contribution in [0.5, 0.6) is 0 Å². The van der Waals surface area contributed by atoms with Crippen LogP contribution in [0.4, 0.5) is 14.5 Å². The van der Waals surface area contributed by atoms with Crippen LogP contribution in [-0.2, 0) is 14.8 Å². The summed E-state index contributed by atoms with van der Waals surface area (Å²) >= 11 is 0. The summed E-state index contributed by atoms with van der Waals surface area (Å²) in [6.45, 7) is 1.37. The number of sulfonamides is 1. The molecule has 0 fully saturated rings. The Balaban J connectivity index is 3.35. The number of nitro benzene ring substituents is 1. The second kappa shape index (κ2) is 6.10. The molecular weight excluding hydrogens is 314 g/mol. The standard InChI is InChI=1S/C10H10F2N2O6S/c1-2-7(10(15)16)13-21(19,20)9-4-8(14(17)18)5(11)3-6(9)12/h3-4,7,13H,2H2,1H3,(H,15,16)/t7-/m1/s1. The van der Waals surface area contributed by atoms with Gasteiger partial charge in [-0.05, 0) is 6.42 Å². The van der Waals surface area contributed by atoms with E-state index < -0.39 is 49.2 Å². The van der Waals surface area contributed by atoms with Crippen molar-refractivity contribution >= 4 is 21.7 Å². The highest BCUT2D eigenvalue weighted by molar-refractivity contribution is 7.89. The van der Waals surface area contributed by atoms with E-state index in [-0.39, 0.29) is 18.6 Å². The number of carbonyl (C=O) groups is 1. The fourth-order valence-corrected chi connectivity index (χ4v) is 2.77. The maximum absolute atomic E-state index is 13.5. The molecule has 0 heterocycles. The predicted octanol–water partition coefficient (Wildman–Crippen LogP) is 1.01. The first kappa shape index (κ1) is 16.9. The number of nitro groups is 1. The van der Waals surface area contributed by atoms with Crippen molar-refractivity contribution in [2.75, 3.05) is 0 Å². The smallest absolute Gasteiger partial charge is 0.321 e. The molecule has 1 aromatic rings. The summed E-state index contributed by atoms with van der Waals surface area (Å²) in [6, 6.07) is -1.30. The van der Waals surface area contributed by atoms with Crippen LogP contribution in [0.1, 0.15) is 13.3 Å². The Morgan fingerprint density at radius 3 is 2.43 bits per heavy atom. The molecule has 11 heteroatoms. The van der Waals surface area contributed by atoms with E-state index in [9.17, 15) is 32.1 Å². The molecule has 1 rings (SSSR count). The van der Waals surface area contributed by atoms with Crippen molar-refractivity contribution in [3.8, 4) is 0 Å². The minimum atomic E-state index is -4.70. The van der Waals surface area contributed by atoms with Crippen LogP contribution in [0.3, 0.4) is 0 Å². The van der Waals surface area contributed by atoms with Gasteiger partial charge in [0.05, 0.1) is 4.92 Å². The van der Waals surface area contributed by atoms with Gasteiger partial charge in [-0.2, -0.15) is 9.11 Å². The van der Waals surface area contributed by atoms with E-state index in [1.165, 1.54) is 6.92 Å². The summed E-state index contributed by atoms with van der Waals surface area (Å²) in [5.74, 6) is -4.61. The SMILES string of the molecule is CC[C@@H](NS(=O)(=O)c1cc([N+](=O)[O-])c(F)cc1F)C(=O)O. The maximum Gasteiger partial charge on any atom is 0.321 e. The fourth-order valence-electron chi connectivity index (χ4n) is 1.42. The number of rotatable bonds is 6. The summed E-state index contributed by atoms with van der Waals surface area (Å²) < 4.78 is 52.0. The van der Waals surface area contributed by atoms with Crippen LogP contribution in [0.25, 0.3) is 0 Å². The third kappa shape index (κ3) is 3.70. The van der Waals surface area contributed by atoms with Gasteiger partial charge in [0, 0.05) is 12.1 Å². The zero-order valence-electron chi connectivity index (χ0n) is 10.5. The maximum atomic E-state index is 13.5. The quantitative estimate of drug-likeness (QED) is 0.594. The lowest BCUT2D eigenvalue weighted by Gasteiger charge is -2.13. The Bertz CT molecular complexity index is 691. The number of nitrogens with zero attached hydrogens (tertiary/aromatic N) is 1. The number of nitrogens with one attached hydrogen (secondary N) is 1. The van der Waals surface area contributed by atoms with E-state index in [1.807, 2.05) is 0 Å². The Morgan fingerprint density at radius 2 is 2.00 bits per heavy atom. The summed E-state index contributed by atoms with van der Waals surface area (Å²) in [4.78, 5) is 18.9. The number of benzene rings is 1. The van der Waals surface area contributed by atoms with Crippen molar-refractivity contribution in [3.63, 3.8) is 0 Å². The van der Waals surface area contributed by atoms with Crippen LogP contribution >= 0.6 is 0 Å². The van der Waals surface area contributed by atoms with E-state index in [1.54, 1.807) is 4.72 Å². The number of hydrogen-bond donors (Lipinski definition) is 2. The van der Waals surface area contributed by atoms with Crippen LogP contribution < -0.4 is 4.72 Å². The lowest BCUT2D eigenvalue weighted by atomic mass is 10.2. The molecule has 1 aromatic carbocycles. The molecule has 0 aliphatic carbocycles. The molecule has 0 aromatic heterocycles. The third-order valence-electron chi connectivity index (χ3n) is 2.49. The van der Waals surface area contributed by atoms with Crippen molar-refractivity contribution in [3.05, 3.63) is 33.9 Å². The van der Waals surface area contributed by atoms with Gasteiger partial charge in [0.15, 0.2) is 0 Å². The Labute approximate surface area is 117 Å². The number of halogens is 2. The summed E-state index contributed by atoms with van der Waals surface area (Å²) in [5.41, 5.74) is -1.24. The van der Waals surface area contributed by atoms with Crippen molar-refractivity contribution < 1.29 is 32.0 Å². The second-order valence-electron chi connectivity index (χ2n) is 3.91. The van der Waals surface area contributed by atoms with Gasteiger partial charge in [0.2, 0.25) is 15.8 Å². The molecular formula is C10H10F2N2O6S. The molecule has 0 saturated carbocycles. The predicted molar refractivity (Wildman–Crippen MR) is 65.0 cm³/mol. The average Bonchev–Trinajstić information content (AvgIpc) is 2.34. The molecule has 1 atom stereocenters. The molecule has 116 valence electrons. The number of aliphatic carboxylic acids is 1. The first-order valence-corrected chi connectivity index (χ1v) is 6.97.